The summed E-state index contributed by atoms with van der Waals surface area (Å²) in [5, 5.41) is 7.07. The van der Waals surface area contributed by atoms with E-state index < -0.39 is 30.6 Å². The largest absolute Gasteiger partial charge is 0.496 e. The Kier molecular flexibility index (Phi) is 6.05. The first-order chi connectivity index (χ1) is 20.6. The van der Waals surface area contributed by atoms with E-state index >= 15 is 0 Å². The van der Waals surface area contributed by atoms with Crippen LogP contribution in [-0.4, -0.2) is 72.2 Å². The number of anilines is 3. The van der Waals surface area contributed by atoms with Crippen molar-refractivity contribution in [1.29, 1.82) is 0 Å². The zero-order valence-corrected chi connectivity index (χ0v) is 22.0. The maximum atomic E-state index is 14.6. The van der Waals surface area contributed by atoms with Crippen molar-refractivity contribution in [2.75, 3.05) is 61.9 Å². The van der Waals surface area contributed by atoms with E-state index in [0.717, 1.165) is 50.4 Å². The number of nitrogens with zero attached hydrogens (tertiary/aromatic N) is 6. The Hall–Kier alpha value is -4.25. The third kappa shape index (κ3) is 4.92. The molecule has 208 valence electrons. The number of amides is 1. The molecular weight excluding hydrogens is 516 g/mol. The number of carbonyl (C=O) groups excluding carboxylic acids is 1. The van der Waals surface area contributed by atoms with E-state index in [1.165, 1.54) is 16.8 Å². The van der Waals surface area contributed by atoms with Crippen molar-refractivity contribution in [3.8, 4) is 5.75 Å². The van der Waals surface area contributed by atoms with Crippen LogP contribution in [0.4, 0.5) is 26.0 Å². The fraction of sp³-hybridized carbons (Fsp3) is 0.345. The number of benzene rings is 2. The summed E-state index contributed by atoms with van der Waals surface area (Å²) in [5.74, 6) is -1.11. The number of hydrogen-bond donors (Lipinski definition) is 1. The molecular formula is C29H31F2N7O2. The third-order valence-corrected chi connectivity index (χ3v) is 7.65. The lowest BCUT2D eigenvalue weighted by Gasteiger charge is -2.34. The molecule has 2 aromatic carbocycles. The summed E-state index contributed by atoms with van der Waals surface area (Å²) in [5.41, 5.74) is 1.71. The maximum absolute atomic E-state index is 14.6. The van der Waals surface area contributed by atoms with Gasteiger partial charge in [0.05, 0.1) is 29.0 Å². The summed E-state index contributed by atoms with van der Waals surface area (Å²) in [4.78, 5) is 24.4. The molecule has 0 bridgehead atoms. The second-order valence-electron chi connectivity index (χ2n) is 10.2. The van der Waals surface area contributed by atoms with Crippen molar-refractivity contribution in [3.05, 3.63) is 77.6 Å². The van der Waals surface area contributed by atoms with E-state index in [1.807, 2.05) is 11.9 Å². The molecule has 9 nitrogen and oxygen atoms in total. The first kappa shape index (κ1) is 22.6. The molecule has 0 aliphatic carbocycles. The molecule has 4 heterocycles. The van der Waals surface area contributed by atoms with Gasteiger partial charge in [0.15, 0.2) is 5.65 Å². The molecule has 1 N–H and O–H groups in total. The Balaban J connectivity index is 1.28. The minimum atomic E-state index is -2.76. The van der Waals surface area contributed by atoms with Crippen LogP contribution in [0.2, 0.25) is 0 Å². The van der Waals surface area contributed by atoms with Crippen molar-refractivity contribution >= 4 is 28.7 Å². The molecule has 1 atom stereocenters. The lowest BCUT2D eigenvalue weighted by molar-refractivity contribution is 0.102. The quantitative estimate of drug-likeness (QED) is 0.382. The summed E-state index contributed by atoms with van der Waals surface area (Å²) in [7, 11) is -0.718. The predicted molar refractivity (Wildman–Crippen MR) is 149 cm³/mol. The highest BCUT2D eigenvalue weighted by molar-refractivity contribution is 6.08. The van der Waals surface area contributed by atoms with Gasteiger partial charge >= 0.3 is 0 Å². The Labute approximate surface area is 235 Å². The summed E-state index contributed by atoms with van der Waals surface area (Å²) in [6, 6.07) is 9.69. The molecule has 2 aromatic heterocycles. The lowest BCUT2D eigenvalue weighted by atomic mass is 10.0. The number of nitrogens with one attached hydrogen (secondary N) is 1. The van der Waals surface area contributed by atoms with Crippen LogP contribution in [0.5, 0.6) is 5.75 Å². The van der Waals surface area contributed by atoms with Gasteiger partial charge in [0.25, 0.3) is 5.91 Å². The Morgan fingerprint density at radius 2 is 1.95 bits per heavy atom. The number of ether oxygens (including phenoxy) is 1. The average molecular weight is 551 g/mol. The van der Waals surface area contributed by atoms with E-state index in [2.05, 4.69) is 20.2 Å². The monoisotopic (exact) mass is 550 g/mol. The second-order valence-corrected chi connectivity index (χ2v) is 10.2. The molecule has 0 unspecified atom stereocenters. The molecule has 0 saturated carbocycles. The van der Waals surface area contributed by atoms with Crippen LogP contribution in [-0.2, 0) is 0 Å². The van der Waals surface area contributed by atoms with Crippen LogP contribution in [0.3, 0.4) is 0 Å². The molecule has 11 heteroatoms. The molecule has 1 amide bonds. The number of halogens is 2. The van der Waals surface area contributed by atoms with Gasteiger partial charge in [-0.15, -0.1) is 0 Å². The van der Waals surface area contributed by atoms with Gasteiger partial charge in [0, 0.05) is 56.2 Å². The smallest absolute Gasteiger partial charge is 0.259 e. The highest BCUT2D eigenvalue weighted by Gasteiger charge is 2.30. The van der Waals surface area contributed by atoms with Gasteiger partial charge in [-0.2, -0.15) is 5.10 Å². The molecule has 2 aliphatic heterocycles. The summed E-state index contributed by atoms with van der Waals surface area (Å²) in [6.45, 7) is 3.83. The summed E-state index contributed by atoms with van der Waals surface area (Å²) < 4.78 is 58.3. The molecule has 40 heavy (non-hydrogen) atoms. The average Bonchev–Trinajstić information content (AvgIpc) is 3.61. The number of rotatable bonds is 6. The summed E-state index contributed by atoms with van der Waals surface area (Å²) >= 11 is 0. The summed E-state index contributed by atoms with van der Waals surface area (Å²) in [6.07, 6.45) is 4.53. The van der Waals surface area contributed by atoms with Crippen LogP contribution in [0, 0.1) is 11.6 Å². The highest BCUT2D eigenvalue weighted by atomic mass is 19.1. The zero-order chi connectivity index (χ0) is 30.3. The van der Waals surface area contributed by atoms with Crippen molar-refractivity contribution < 1.29 is 22.4 Å². The number of aromatic nitrogens is 3. The zero-order valence-electron chi connectivity index (χ0n) is 25.0. The molecule has 4 aromatic rings. The molecule has 6 rings (SSSR count). The fourth-order valence-electron chi connectivity index (χ4n) is 5.48. The van der Waals surface area contributed by atoms with E-state index in [-0.39, 0.29) is 16.9 Å². The lowest BCUT2D eigenvalue weighted by Crippen LogP contribution is -2.44. The van der Waals surface area contributed by atoms with E-state index in [1.54, 1.807) is 30.5 Å². The number of fused-ring (bicyclic) bond motifs is 1. The standard InChI is InChI=1S/C29H31F2N7O2/c1-35-12-14-36(15-13-35)20-6-7-21(26(17-20)40-2)29(39)33-24-18-32-38-11-9-27(34-28(24)38)37-10-3-4-25(37)22-16-19(30)5-8-23(22)31/h5-9,11,16-18,25H,3-4,10,12-15H2,1-2H3,(H,33,39)/t25-/m1/s1/i2D3. The van der Waals surface area contributed by atoms with Crippen LogP contribution in [0.1, 0.15) is 38.9 Å². The highest BCUT2D eigenvalue weighted by Crippen LogP contribution is 2.37. The third-order valence-electron chi connectivity index (χ3n) is 7.65. The molecule has 2 saturated heterocycles. The van der Waals surface area contributed by atoms with Gasteiger partial charge in [-0.05, 0) is 56.3 Å². The minimum absolute atomic E-state index is 0.0469. The number of piperazine rings is 1. The minimum Gasteiger partial charge on any atom is -0.496 e. The van der Waals surface area contributed by atoms with Gasteiger partial charge in [0.1, 0.15) is 28.9 Å². The van der Waals surface area contributed by atoms with E-state index in [4.69, 9.17) is 13.8 Å². The van der Waals surface area contributed by atoms with Crippen molar-refractivity contribution in [2.24, 2.45) is 0 Å². The Morgan fingerprint density at radius 1 is 1.10 bits per heavy atom. The molecule has 2 fully saturated rings. The van der Waals surface area contributed by atoms with Crippen LogP contribution in [0.25, 0.3) is 5.65 Å². The van der Waals surface area contributed by atoms with Gasteiger partial charge < -0.3 is 24.8 Å². The Bertz CT molecular complexity index is 1660. The van der Waals surface area contributed by atoms with Crippen LogP contribution in [0.15, 0.2) is 54.9 Å². The van der Waals surface area contributed by atoms with Crippen molar-refractivity contribution in [2.45, 2.75) is 18.9 Å². The van der Waals surface area contributed by atoms with Crippen molar-refractivity contribution in [1.82, 2.24) is 19.5 Å². The van der Waals surface area contributed by atoms with Gasteiger partial charge in [-0.25, -0.2) is 18.3 Å². The second kappa shape index (κ2) is 10.7. The Morgan fingerprint density at radius 3 is 2.77 bits per heavy atom. The SMILES string of the molecule is [2H]C([2H])([2H])Oc1cc(N2CCN(C)CC2)ccc1C(=O)Nc1cnn2ccc(N3CCC[C@@H]3c3cc(F)ccc3F)nc12. The number of likely N-dealkylation sites (N-methyl/N-ethyl adjacent to an activating group) is 1. The first-order valence-electron chi connectivity index (χ1n) is 14.7. The topological polar surface area (TPSA) is 78.2 Å². The van der Waals surface area contributed by atoms with Gasteiger partial charge in [-0.1, -0.05) is 0 Å². The van der Waals surface area contributed by atoms with Crippen molar-refractivity contribution in [3.63, 3.8) is 0 Å². The predicted octanol–water partition coefficient (Wildman–Crippen LogP) is 4.36. The van der Waals surface area contributed by atoms with E-state index in [9.17, 15) is 13.6 Å². The fourth-order valence-corrected chi connectivity index (χ4v) is 5.48. The van der Waals surface area contributed by atoms with Gasteiger partial charge in [-0.3, -0.25) is 4.79 Å². The first-order valence-corrected chi connectivity index (χ1v) is 13.2. The normalized spacial score (nSPS) is 19.4. The number of carbonyl (C=O) groups is 1. The molecule has 0 spiro atoms. The number of methoxy groups -OCH3 is 1. The molecule has 0 radical (unpaired) electrons. The van der Waals surface area contributed by atoms with E-state index in [0.29, 0.717) is 30.1 Å². The molecule has 2 aliphatic rings. The number of hydrogen-bond acceptors (Lipinski definition) is 7. The maximum Gasteiger partial charge on any atom is 0.259 e. The van der Waals surface area contributed by atoms with Crippen LogP contribution < -0.4 is 19.9 Å². The van der Waals surface area contributed by atoms with Crippen LogP contribution >= 0.6 is 0 Å². The van der Waals surface area contributed by atoms with Gasteiger partial charge in [0.2, 0.25) is 0 Å².